The number of carbonyl (C=O) groups excluding carboxylic acids is 1. The molecule has 1 heterocycles. The number of aromatic nitrogens is 1. The molecule has 0 saturated heterocycles. The number of anilines is 1. The molecule has 2 N–H and O–H groups in total. The second-order valence-electron chi connectivity index (χ2n) is 4.25. The van der Waals surface area contributed by atoms with Crippen LogP contribution in [0.25, 0.3) is 0 Å². The quantitative estimate of drug-likeness (QED) is 0.889. The number of nitrogens with one attached hydrogen (secondary N) is 2. The van der Waals surface area contributed by atoms with E-state index in [-0.39, 0.29) is 5.91 Å². The van der Waals surface area contributed by atoms with Crippen LogP contribution in [0.15, 0.2) is 47.2 Å². The van der Waals surface area contributed by atoms with Crippen molar-refractivity contribution in [2.75, 3.05) is 12.4 Å². The number of hydrogen-bond donors (Lipinski definition) is 2. The fourth-order valence-electron chi connectivity index (χ4n) is 1.82. The predicted octanol–water partition coefficient (Wildman–Crippen LogP) is 2.61. The maximum Gasteiger partial charge on any atom is 0.244 e. The summed E-state index contributed by atoms with van der Waals surface area (Å²) in [5, 5.41) is 5.96. The largest absolute Gasteiger partial charge is 0.345 e. The first-order valence-electron chi connectivity index (χ1n) is 6.02. The minimum Gasteiger partial charge on any atom is -0.345 e. The number of benzene rings is 1. The summed E-state index contributed by atoms with van der Waals surface area (Å²) in [4.78, 5) is 11.9. The number of carbonyl (C=O) groups is 1. The molecule has 1 amide bonds. The van der Waals surface area contributed by atoms with Gasteiger partial charge in [-0.3, -0.25) is 4.79 Å². The Hall–Kier alpha value is -1.59. The first kappa shape index (κ1) is 13.8. The van der Waals surface area contributed by atoms with Gasteiger partial charge in [0.25, 0.3) is 0 Å². The van der Waals surface area contributed by atoms with Crippen LogP contribution in [0.3, 0.4) is 0 Å². The summed E-state index contributed by atoms with van der Waals surface area (Å²) < 4.78 is 2.76. The monoisotopic (exact) mass is 321 g/mol. The molecule has 0 spiro atoms. The third-order valence-electron chi connectivity index (χ3n) is 2.67. The molecule has 2 aromatic rings. The summed E-state index contributed by atoms with van der Waals surface area (Å²) in [5.74, 6) is -0.0430. The van der Waals surface area contributed by atoms with Crippen LogP contribution in [0.5, 0.6) is 0 Å². The second-order valence-corrected chi connectivity index (χ2v) is 5.10. The van der Waals surface area contributed by atoms with Crippen LogP contribution < -0.4 is 10.6 Å². The smallest absolute Gasteiger partial charge is 0.244 e. The summed E-state index contributed by atoms with van der Waals surface area (Å²) in [6.45, 7) is 1.11. The van der Waals surface area contributed by atoms with Gasteiger partial charge in [0, 0.05) is 23.4 Å². The number of rotatable bonds is 5. The van der Waals surface area contributed by atoms with E-state index in [0.29, 0.717) is 6.54 Å². The summed E-state index contributed by atoms with van der Waals surface area (Å²) in [6.07, 6.45) is 3.88. The first-order chi connectivity index (χ1) is 9.19. The fraction of sp³-hybridized carbons (Fsp3) is 0.214. The molecule has 19 heavy (non-hydrogen) atoms. The molecular formula is C14H16BrN3O. The van der Waals surface area contributed by atoms with Crippen molar-refractivity contribution in [3.63, 3.8) is 0 Å². The molecule has 0 atom stereocenters. The van der Waals surface area contributed by atoms with E-state index in [0.717, 1.165) is 22.3 Å². The van der Waals surface area contributed by atoms with Gasteiger partial charge in [-0.2, -0.15) is 0 Å². The van der Waals surface area contributed by atoms with Gasteiger partial charge in [0.15, 0.2) is 0 Å². The zero-order chi connectivity index (χ0) is 13.7. The van der Waals surface area contributed by atoms with E-state index in [4.69, 9.17) is 0 Å². The highest BCUT2D eigenvalue weighted by Crippen LogP contribution is 2.21. The third kappa shape index (κ3) is 3.94. The van der Waals surface area contributed by atoms with Gasteiger partial charge < -0.3 is 15.2 Å². The molecule has 1 aromatic carbocycles. The molecule has 2 rings (SSSR count). The van der Waals surface area contributed by atoms with Gasteiger partial charge >= 0.3 is 0 Å². The number of hydrogen-bond acceptors (Lipinski definition) is 2. The van der Waals surface area contributed by atoms with Gasteiger partial charge in [0.1, 0.15) is 6.54 Å². The van der Waals surface area contributed by atoms with Crippen LogP contribution in [-0.2, 0) is 17.9 Å². The predicted molar refractivity (Wildman–Crippen MR) is 80.0 cm³/mol. The lowest BCUT2D eigenvalue weighted by Gasteiger charge is -2.07. The van der Waals surface area contributed by atoms with Crippen molar-refractivity contribution < 1.29 is 4.79 Å². The van der Waals surface area contributed by atoms with E-state index >= 15 is 0 Å². The lowest BCUT2D eigenvalue weighted by Crippen LogP contribution is -2.18. The first-order valence-corrected chi connectivity index (χ1v) is 6.82. The lowest BCUT2D eigenvalue weighted by molar-refractivity contribution is -0.116. The zero-order valence-electron chi connectivity index (χ0n) is 10.7. The number of nitrogens with zero attached hydrogens (tertiary/aromatic N) is 1. The molecular weight excluding hydrogens is 306 g/mol. The average Bonchev–Trinajstić information content (AvgIpc) is 2.80. The van der Waals surface area contributed by atoms with Crippen molar-refractivity contribution in [3.05, 3.63) is 52.8 Å². The van der Waals surface area contributed by atoms with Gasteiger partial charge in [-0.25, -0.2) is 0 Å². The van der Waals surface area contributed by atoms with E-state index in [2.05, 4.69) is 26.6 Å². The number of para-hydroxylation sites is 1. The van der Waals surface area contributed by atoms with Crippen molar-refractivity contribution >= 4 is 27.5 Å². The minimum absolute atomic E-state index is 0.0430. The molecule has 0 saturated carbocycles. The van der Waals surface area contributed by atoms with Crippen molar-refractivity contribution in [1.82, 2.24) is 9.88 Å². The summed E-state index contributed by atoms with van der Waals surface area (Å²) >= 11 is 3.41. The van der Waals surface area contributed by atoms with Crippen LogP contribution in [0.2, 0.25) is 0 Å². The molecule has 0 aliphatic rings. The topological polar surface area (TPSA) is 46.1 Å². The molecule has 1 aromatic heterocycles. The Kier molecular flexibility index (Phi) is 4.76. The third-order valence-corrected chi connectivity index (χ3v) is 3.36. The summed E-state index contributed by atoms with van der Waals surface area (Å²) in [5.41, 5.74) is 1.95. The molecule has 0 fully saturated rings. The summed E-state index contributed by atoms with van der Waals surface area (Å²) in [7, 11) is 1.90. The lowest BCUT2D eigenvalue weighted by atomic mass is 10.3. The molecule has 5 heteroatoms. The molecule has 0 radical (unpaired) electrons. The minimum atomic E-state index is -0.0430. The Morgan fingerprint density at radius 1 is 1.32 bits per heavy atom. The standard InChI is InChI=1S/C14H16BrN3O/c1-16-8-11-6-7-18(9-11)10-14(19)17-13-5-3-2-4-12(13)15/h2-7,9,16H,8,10H2,1H3,(H,17,19). The Bertz CT molecular complexity index is 565. The molecule has 0 aliphatic carbocycles. The molecule has 100 valence electrons. The number of amides is 1. The second kappa shape index (κ2) is 6.54. The highest BCUT2D eigenvalue weighted by atomic mass is 79.9. The van der Waals surface area contributed by atoms with Crippen LogP contribution in [-0.4, -0.2) is 17.5 Å². The maximum atomic E-state index is 11.9. The molecule has 0 bridgehead atoms. The van der Waals surface area contributed by atoms with Crippen molar-refractivity contribution in [1.29, 1.82) is 0 Å². The van der Waals surface area contributed by atoms with E-state index < -0.39 is 0 Å². The Morgan fingerprint density at radius 2 is 2.11 bits per heavy atom. The van der Waals surface area contributed by atoms with Gasteiger partial charge in [0.05, 0.1) is 5.69 Å². The average molecular weight is 322 g/mol. The van der Waals surface area contributed by atoms with Crippen LogP contribution in [0.4, 0.5) is 5.69 Å². The highest BCUT2D eigenvalue weighted by Gasteiger charge is 2.06. The highest BCUT2D eigenvalue weighted by molar-refractivity contribution is 9.10. The van der Waals surface area contributed by atoms with Crippen molar-refractivity contribution in [2.45, 2.75) is 13.1 Å². The number of halogens is 1. The Morgan fingerprint density at radius 3 is 2.84 bits per heavy atom. The van der Waals surface area contributed by atoms with E-state index in [9.17, 15) is 4.79 Å². The van der Waals surface area contributed by atoms with E-state index in [1.165, 1.54) is 0 Å². The van der Waals surface area contributed by atoms with Gasteiger partial charge in [-0.1, -0.05) is 12.1 Å². The van der Waals surface area contributed by atoms with Crippen LogP contribution in [0, 0.1) is 0 Å². The van der Waals surface area contributed by atoms with Crippen LogP contribution >= 0.6 is 15.9 Å². The van der Waals surface area contributed by atoms with Gasteiger partial charge in [0.2, 0.25) is 5.91 Å². The summed E-state index contributed by atoms with van der Waals surface area (Å²) in [6, 6.07) is 9.57. The van der Waals surface area contributed by atoms with Crippen molar-refractivity contribution in [3.8, 4) is 0 Å². The zero-order valence-corrected chi connectivity index (χ0v) is 12.3. The van der Waals surface area contributed by atoms with Gasteiger partial charge in [-0.15, -0.1) is 0 Å². The van der Waals surface area contributed by atoms with E-state index in [1.54, 1.807) is 0 Å². The van der Waals surface area contributed by atoms with Crippen molar-refractivity contribution in [2.24, 2.45) is 0 Å². The van der Waals surface area contributed by atoms with Crippen LogP contribution in [0.1, 0.15) is 5.56 Å². The molecule has 4 nitrogen and oxygen atoms in total. The van der Waals surface area contributed by atoms with E-state index in [1.807, 2.05) is 54.3 Å². The fourth-order valence-corrected chi connectivity index (χ4v) is 2.20. The molecule has 0 unspecified atom stereocenters. The molecule has 0 aliphatic heterocycles. The Labute approximate surface area is 120 Å². The SMILES string of the molecule is CNCc1ccn(CC(=O)Nc2ccccc2Br)c1. The maximum absolute atomic E-state index is 11.9. The Balaban J connectivity index is 1.95. The normalized spacial score (nSPS) is 10.4. The van der Waals surface area contributed by atoms with Gasteiger partial charge in [-0.05, 0) is 46.7 Å².